The van der Waals surface area contributed by atoms with E-state index in [-0.39, 0.29) is 0 Å². The van der Waals surface area contributed by atoms with Crippen LogP contribution in [0.2, 0.25) is 0 Å². The van der Waals surface area contributed by atoms with Gasteiger partial charge in [0.2, 0.25) is 0 Å². The van der Waals surface area contributed by atoms with Crippen molar-refractivity contribution in [2.75, 3.05) is 13.1 Å². The Morgan fingerprint density at radius 2 is 2.57 bits per heavy atom. The molecule has 0 saturated heterocycles. The Hall–Kier alpha value is -1.42. The zero-order valence-corrected chi connectivity index (χ0v) is 8.16. The smallest absolute Gasteiger partial charge is 0.255 e. The van der Waals surface area contributed by atoms with Gasteiger partial charge in [0.1, 0.15) is 0 Å². The second kappa shape index (κ2) is 3.75. The highest BCUT2D eigenvalue weighted by Crippen LogP contribution is 2.17. The van der Waals surface area contributed by atoms with E-state index in [0.717, 1.165) is 18.7 Å². The van der Waals surface area contributed by atoms with Crippen LogP contribution in [0.5, 0.6) is 0 Å². The van der Waals surface area contributed by atoms with Gasteiger partial charge in [-0.3, -0.25) is 0 Å². The molecule has 1 aliphatic rings. The second-order valence-corrected chi connectivity index (χ2v) is 3.46. The standard InChI is InChI=1S/C10H13N3O/c1-3-9-12-10(14-13-9)8-4-7(2)5-11-6-8/h3-4,7,11H,1,5-6H2,2H3. The van der Waals surface area contributed by atoms with Gasteiger partial charge in [-0.05, 0) is 12.0 Å². The van der Waals surface area contributed by atoms with Crippen LogP contribution in [0.15, 0.2) is 17.2 Å². The molecule has 0 aliphatic carbocycles. The van der Waals surface area contributed by atoms with Crippen molar-refractivity contribution in [2.24, 2.45) is 5.92 Å². The van der Waals surface area contributed by atoms with E-state index in [1.165, 1.54) is 0 Å². The average molecular weight is 191 g/mol. The van der Waals surface area contributed by atoms with Crippen LogP contribution >= 0.6 is 0 Å². The Kier molecular flexibility index (Phi) is 2.45. The van der Waals surface area contributed by atoms with Crippen molar-refractivity contribution in [1.29, 1.82) is 0 Å². The third-order valence-electron chi connectivity index (χ3n) is 2.17. The highest BCUT2D eigenvalue weighted by molar-refractivity contribution is 5.61. The molecule has 4 heteroatoms. The Morgan fingerprint density at radius 3 is 3.21 bits per heavy atom. The van der Waals surface area contributed by atoms with Crippen LogP contribution in [-0.2, 0) is 0 Å². The summed E-state index contributed by atoms with van der Waals surface area (Å²) in [5.74, 6) is 1.65. The molecule has 1 N–H and O–H groups in total. The van der Waals surface area contributed by atoms with Crippen LogP contribution < -0.4 is 5.32 Å². The molecule has 4 nitrogen and oxygen atoms in total. The first kappa shape index (κ1) is 9.15. The molecular formula is C10H13N3O. The number of aromatic nitrogens is 2. The maximum Gasteiger partial charge on any atom is 0.255 e. The highest BCUT2D eigenvalue weighted by atomic mass is 16.5. The van der Waals surface area contributed by atoms with E-state index in [9.17, 15) is 0 Å². The van der Waals surface area contributed by atoms with Gasteiger partial charge in [-0.25, -0.2) is 0 Å². The summed E-state index contributed by atoms with van der Waals surface area (Å²) in [6, 6.07) is 0. The lowest BCUT2D eigenvalue weighted by Gasteiger charge is -2.16. The lowest BCUT2D eigenvalue weighted by Crippen LogP contribution is -2.27. The molecule has 0 bridgehead atoms. The van der Waals surface area contributed by atoms with Gasteiger partial charge in [0.05, 0.1) is 0 Å². The van der Waals surface area contributed by atoms with Gasteiger partial charge in [0.15, 0.2) is 5.82 Å². The molecule has 0 spiro atoms. The first-order valence-electron chi connectivity index (χ1n) is 4.67. The molecule has 0 aromatic carbocycles. The fourth-order valence-corrected chi connectivity index (χ4v) is 1.49. The van der Waals surface area contributed by atoms with Crippen molar-refractivity contribution in [1.82, 2.24) is 15.5 Å². The van der Waals surface area contributed by atoms with E-state index < -0.39 is 0 Å². The van der Waals surface area contributed by atoms with Gasteiger partial charge in [0.25, 0.3) is 5.89 Å². The molecule has 74 valence electrons. The van der Waals surface area contributed by atoms with Crippen LogP contribution in [0.25, 0.3) is 11.6 Å². The minimum Gasteiger partial charge on any atom is -0.334 e. The summed E-state index contributed by atoms with van der Waals surface area (Å²) in [4.78, 5) is 4.18. The Bertz CT molecular complexity index is 367. The molecule has 0 saturated carbocycles. The van der Waals surface area contributed by atoms with Crippen molar-refractivity contribution in [3.05, 3.63) is 24.4 Å². The zero-order chi connectivity index (χ0) is 9.97. The summed E-state index contributed by atoms with van der Waals surface area (Å²) in [6.45, 7) is 7.53. The van der Waals surface area contributed by atoms with Crippen LogP contribution in [0, 0.1) is 5.92 Å². The van der Waals surface area contributed by atoms with Crippen LogP contribution in [0.3, 0.4) is 0 Å². The van der Waals surface area contributed by atoms with E-state index in [1.807, 2.05) is 0 Å². The van der Waals surface area contributed by atoms with Crippen LogP contribution in [0.1, 0.15) is 18.6 Å². The minimum absolute atomic E-state index is 0.512. The van der Waals surface area contributed by atoms with Crippen molar-refractivity contribution in [2.45, 2.75) is 6.92 Å². The first-order valence-corrected chi connectivity index (χ1v) is 4.67. The maximum atomic E-state index is 5.10. The molecule has 1 aromatic heterocycles. The van der Waals surface area contributed by atoms with Crippen molar-refractivity contribution < 1.29 is 4.52 Å². The quantitative estimate of drug-likeness (QED) is 0.766. The lowest BCUT2D eigenvalue weighted by molar-refractivity contribution is 0.402. The topological polar surface area (TPSA) is 51.0 Å². The summed E-state index contributed by atoms with van der Waals surface area (Å²) < 4.78 is 5.10. The van der Waals surface area contributed by atoms with E-state index in [0.29, 0.717) is 17.6 Å². The average Bonchev–Trinajstić information content (AvgIpc) is 2.66. The van der Waals surface area contributed by atoms with Gasteiger partial charge < -0.3 is 9.84 Å². The molecule has 0 fully saturated rings. The Labute approximate surface area is 82.7 Å². The molecule has 14 heavy (non-hydrogen) atoms. The molecule has 0 radical (unpaired) electrons. The summed E-state index contributed by atoms with van der Waals surface area (Å²) in [6.07, 6.45) is 3.74. The third kappa shape index (κ3) is 1.75. The van der Waals surface area contributed by atoms with Crippen LogP contribution in [-0.4, -0.2) is 23.2 Å². The maximum absolute atomic E-state index is 5.10. The SMILES string of the molecule is C=Cc1noc(C2=CC(C)CNC2)n1. The van der Waals surface area contributed by atoms with Crippen molar-refractivity contribution in [3.8, 4) is 0 Å². The first-order chi connectivity index (χ1) is 6.79. The summed E-state index contributed by atoms with van der Waals surface area (Å²) in [7, 11) is 0. The van der Waals surface area contributed by atoms with Gasteiger partial charge in [-0.15, -0.1) is 0 Å². The van der Waals surface area contributed by atoms with Gasteiger partial charge in [0, 0.05) is 18.7 Å². The molecule has 1 unspecified atom stereocenters. The molecule has 2 rings (SSSR count). The lowest BCUT2D eigenvalue weighted by atomic mass is 10.0. The predicted octanol–water partition coefficient (Wildman–Crippen LogP) is 1.34. The number of nitrogens with one attached hydrogen (secondary N) is 1. The molecule has 1 atom stereocenters. The molecule has 1 aromatic rings. The molecule has 1 aliphatic heterocycles. The van der Waals surface area contributed by atoms with Gasteiger partial charge in [-0.1, -0.05) is 24.7 Å². The third-order valence-corrected chi connectivity index (χ3v) is 2.17. The fraction of sp³-hybridized carbons (Fsp3) is 0.400. The highest BCUT2D eigenvalue weighted by Gasteiger charge is 2.15. The summed E-state index contributed by atoms with van der Waals surface area (Å²) in [5, 5.41) is 7.05. The van der Waals surface area contributed by atoms with E-state index in [4.69, 9.17) is 4.52 Å². The number of hydrogen-bond acceptors (Lipinski definition) is 4. The Morgan fingerprint density at radius 1 is 1.71 bits per heavy atom. The van der Waals surface area contributed by atoms with E-state index >= 15 is 0 Å². The van der Waals surface area contributed by atoms with Crippen molar-refractivity contribution in [3.63, 3.8) is 0 Å². The summed E-state index contributed by atoms with van der Waals surface area (Å²) >= 11 is 0. The van der Waals surface area contributed by atoms with Gasteiger partial charge in [-0.2, -0.15) is 4.98 Å². The summed E-state index contributed by atoms with van der Waals surface area (Å²) in [5.41, 5.74) is 1.07. The molecule has 0 amide bonds. The van der Waals surface area contributed by atoms with E-state index in [1.54, 1.807) is 6.08 Å². The largest absolute Gasteiger partial charge is 0.334 e. The number of hydrogen-bond donors (Lipinski definition) is 1. The predicted molar refractivity (Wildman–Crippen MR) is 54.4 cm³/mol. The minimum atomic E-state index is 0.512. The number of rotatable bonds is 2. The van der Waals surface area contributed by atoms with Crippen molar-refractivity contribution >= 4 is 11.6 Å². The Balaban J connectivity index is 2.25. The van der Waals surface area contributed by atoms with Gasteiger partial charge >= 0.3 is 0 Å². The molecular weight excluding hydrogens is 178 g/mol. The van der Waals surface area contributed by atoms with Crippen LogP contribution in [0.4, 0.5) is 0 Å². The normalized spacial score (nSPS) is 21.8. The second-order valence-electron chi connectivity index (χ2n) is 3.46. The van der Waals surface area contributed by atoms with E-state index in [2.05, 4.69) is 35.0 Å². The zero-order valence-electron chi connectivity index (χ0n) is 8.16. The molecule has 2 heterocycles. The monoisotopic (exact) mass is 191 g/mol. The fourth-order valence-electron chi connectivity index (χ4n) is 1.49. The number of nitrogens with zero attached hydrogens (tertiary/aromatic N) is 2.